The number of carbonyl (C=O) groups is 1. The van der Waals surface area contributed by atoms with Crippen molar-refractivity contribution in [3.8, 4) is 17.2 Å². The van der Waals surface area contributed by atoms with E-state index in [1.54, 1.807) is 24.3 Å². The van der Waals surface area contributed by atoms with Crippen LogP contribution < -0.4 is 18.9 Å². The fourth-order valence-electron chi connectivity index (χ4n) is 3.59. The van der Waals surface area contributed by atoms with Crippen molar-refractivity contribution in [2.75, 3.05) is 21.3 Å². The molecule has 3 aromatic carbocycles. The highest BCUT2D eigenvalue weighted by molar-refractivity contribution is 9.10. The van der Waals surface area contributed by atoms with E-state index in [9.17, 15) is 23.3 Å². The van der Waals surface area contributed by atoms with Gasteiger partial charge in [-0.25, -0.2) is 13.1 Å². The molecule has 1 N–H and O–H groups in total. The van der Waals surface area contributed by atoms with Crippen molar-refractivity contribution >= 4 is 37.4 Å². The van der Waals surface area contributed by atoms with Crippen molar-refractivity contribution in [1.82, 2.24) is 4.72 Å². The monoisotopic (exact) mass is 592 g/mol. The Morgan fingerprint density at radius 2 is 1.49 bits per heavy atom. The Kier molecular flexibility index (Phi) is 8.89. The summed E-state index contributed by atoms with van der Waals surface area (Å²) in [5, 5.41) is 11.0. The number of hydrogen-bond acceptors (Lipinski definition) is 8. The largest absolute Gasteiger partial charge is 0.493 e. The smallest absolute Gasteiger partial charge is 0.269 e. The molecule has 0 aliphatic rings. The van der Waals surface area contributed by atoms with Crippen LogP contribution in [0.15, 0.2) is 65.6 Å². The number of hydrogen-bond donors (Lipinski definition) is 1. The van der Waals surface area contributed by atoms with E-state index in [2.05, 4.69) is 20.7 Å². The lowest BCUT2D eigenvalue weighted by atomic mass is 9.97. The summed E-state index contributed by atoms with van der Waals surface area (Å²) < 4.78 is 45.5. The van der Waals surface area contributed by atoms with E-state index in [1.807, 2.05) is 6.92 Å². The van der Waals surface area contributed by atoms with Crippen LogP contribution in [-0.4, -0.2) is 45.3 Å². The van der Waals surface area contributed by atoms with Crippen LogP contribution in [-0.2, 0) is 10.0 Å². The van der Waals surface area contributed by atoms with Gasteiger partial charge in [0.25, 0.3) is 5.69 Å². The molecule has 3 aromatic rings. The average molecular weight is 593 g/mol. The van der Waals surface area contributed by atoms with Gasteiger partial charge >= 0.3 is 0 Å². The van der Waals surface area contributed by atoms with Gasteiger partial charge in [0, 0.05) is 17.7 Å². The fourth-order valence-corrected chi connectivity index (χ4v) is 5.70. The molecular formula is C25H25BrN2O8S. The lowest BCUT2D eigenvalue weighted by molar-refractivity contribution is -0.384. The molecule has 0 saturated carbocycles. The first-order chi connectivity index (χ1) is 17.5. The van der Waals surface area contributed by atoms with E-state index in [4.69, 9.17) is 14.2 Å². The zero-order valence-electron chi connectivity index (χ0n) is 20.4. The lowest BCUT2D eigenvalue weighted by Crippen LogP contribution is -2.37. The Morgan fingerprint density at radius 1 is 0.946 bits per heavy atom. The molecule has 0 saturated heterocycles. The molecule has 0 aromatic heterocycles. The molecule has 0 radical (unpaired) electrons. The number of sulfonamides is 1. The van der Waals surface area contributed by atoms with Crippen molar-refractivity contribution in [3.05, 3.63) is 87.5 Å². The van der Waals surface area contributed by atoms with Crippen LogP contribution in [0.5, 0.6) is 17.2 Å². The van der Waals surface area contributed by atoms with Crippen LogP contribution in [0, 0.1) is 17.0 Å². The molecule has 0 heterocycles. The number of rotatable bonds is 11. The number of alkyl halides is 1. The second-order valence-corrected chi connectivity index (χ2v) is 10.6. The molecule has 196 valence electrons. The third-order valence-electron chi connectivity index (χ3n) is 5.57. The van der Waals surface area contributed by atoms with E-state index in [0.29, 0.717) is 11.3 Å². The van der Waals surface area contributed by atoms with Gasteiger partial charge in [-0.05, 0) is 48.9 Å². The zero-order valence-corrected chi connectivity index (χ0v) is 22.8. The Morgan fingerprint density at radius 3 is 1.95 bits per heavy atom. The SMILES string of the molecule is COc1cc([C@@H](NS(=O)(=O)c2ccc(C)cc2)[C@@H](Br)C(=O)c2ccc([N+](=O)[O-])cc2)cc(OC)c1OC. The molecule has 12 heteroatoms. The Hall–Kier alpha value is -3.48. The number of halogens is 1. The summed E-state index contributed by atoms with van der Waals surface area (Å²) in [6.07, 6.45) is 0. The van der Waals surface area contributed by atoms with E-state index in [0.717, 1.165) is 5.56 Å². The van der Waals surface area contributed by atoms with Crippen molar-refractivity contribution < 1.29 is 32.3 Å². The fraction of sp³-hybridized carbons (Fsp3) is 0.240. The summed E-state index contributed by atoms with van der Waals surface area (Å²) in [5.41, 5.74) is 1.21. The minimum Gasteiger partial charge on any atom is -0.493 e. The summed E-state index contributed by atoms with van der Waals surface area (Å²) in [7, 11) is 0.175. The Balaban J connectivity index is 2.11. The van der Waals surface area contributed by atoms with Gasteiger partial charge in [-0.3, -0.25) is 14.9 Å². The molecule has 10 nitrogen and oxygen atoms in total. The number of carbonyl (C=O) groups excluding carboxylic acids is 1. The van der Waals surface area contributed by atoms with E-state index >= 15 is 0 Å². The molecule has 0 aliphatic heterocycles. The standard InChI is InChI=1S/C25H25BrN2O8S/c1-15-5-11-19(12-6-15)37(32,33)27-23(17-13-20(34-2)25(36-4)21(14-17)35-3)22(26)24(29)16-7-9-18(10-8-16)28(30)31/h5-14,22-23,27H,1-4H3/t22-,23-/m1/s1. The minimum atomic E-state index is -4.09. The number of nitro groups is 1. The second-order valence-electron chi connectivity index (χ2n) is 7.94. The highest BCUT2D eigenvalue weighted by Crippen LogP contribution is 2.41. The van der Waals surface area contributed by atoms with E-state index in [1.165, 1.54) is 57.7 Å². The highest BCUT2D eigenvalue weighted by atomic mass is 79.9. The van der Waals surface area contributed by atoms with Crippen LogP contribution in [0.4, 0.5) is 5.69 Å². The molecule has 0 aliphatic carbocycles. The molecular weight excluding hydrogens is 568 g/mol. The number of non-ortho nitro benzene ring substituents is 1. The van der Waals surface area contributed by atoms with Crippen LogP contribution in [0.1, 0.15) is 27.5 Å². The molecule has 0 fully saturated rings. The van der Waals surface area contributed by atoms with Gasteiger partial charge in [0.1, 0.15) is 0 Å². The third kappa shape index (κ3) is 6.27. The summed E-state index contributed by atoms with van der Waals surface area (Å²) in [6, 6.07) is 13.2. The average Bonchev–Trinajstić information content (AvgIpc) is 2.90. The van der Waals surface area contributed by atoms with Gasteiger partial charge in [-0.1, -0.05) is 33.6 Å². The number of nitrogens with zero attached hydrogens (tertiary/aromatic N) is 1. The van der Waals surface area contributed by atoms with Gasteiger partial charge in [0.15, 0.2) is 17.3 Å². The topological polar surface area (TPSA) is 134 Å². The quantitative estimate of drug-likeness (QED) is 0.148. The van der Waals surface area contributed by atoms with Crippen molar-refractivity contribution in [2.24, 2.45) is 0 Å². The first-order valence-electron chi connectivity index (χ1n) is 10.8. The van der Waals surface area contributed by atoms with Crippen LogP contribution in [0.25, 0.3) is 0 Å². The summed E-state index contributed by atoms with van der Waals surface area (Å²) >= 11 is 3.37. The van der Waals surface area contributed by atoms with Crippen LogP contribution in [0.3, 0.4) is 0 Å². The van der Waals surface area contributed by atoms with Gasteiger partial charge in [-0.2, -0.15) is 0 Å². The molecule has 0 amide bonds. The predicted molar refractivity (Wildman–Crippen MR) is 140 cm³/mol. The maximum Gasteiger partial charge on any atom is 0.269 e. The Labute approximate surface area is 222 Å². The summed E-state index contributed by atoms with van der Waals surface area (Å²) in [5.74, 6) is 0.319. The number of nitrogens with one attached hydrogen (secondary N) is 1. The van der Waals surface area contributed by atoms with Gasteiger partial charge in [0.2, 0.25) is 15.8 Å². The molecule has 3 rings (SSSR count). The van der Waals surface area contributed by atoms with Crippen LogP contribution in [0.2, 0.25) is 0 Å². The molecule has 0 bridgehead atoms. The second kappa shape index (κ2) is 11.7. The molecule has 0 unspecified atom stereocenters. The number of nitro benzene ring substituents is 1. The first-order valence-corrected chi connectivity index (χ1v) is 13.2. The predicted octanol–water partition coefficient (Wildman–Crippen LogP) is 4.60. The number of Topliss-reactive ketones (excluding diaryl/α,β-unsaturated/α-hetero) is 1. The normalized spacial score (nSPS) is 12.9. The van der Waals surface area contributed by atoms with Gasteiger partial charge in [0.05, 0.1) is 42.0 Å². The highest BCUT2D eigenvalue weighted by Gasteiger charge is 2.34. The maximum absolute atomic E-state index is 13.4. The van der Waals surface area contributed by atoms with Crippen molar-refractivity contribution in [2.45, 2.75) is 22.7 Å². The van der Waals surface area contributed by atoms with Crippen molar-refractivity contribution in [1.29, 1.82) is 0 Å². The zero-order chi connectivity index (χ0) is 27.3. The molecule has 2 atom stereocenters. The van der Waals surface area contributed by atoms with Gasteiger partial charge in [-0.15, -0.1) is 0 Å². The molecule has 0 spiro atoms. The van der Waals surface area contributed by atoms with E-state index < -0.39 is 31.6 Å². The summed E-state index contributed by atoms with van der Waals surface area (Å²) in [4.78, 5) is 22.7. The van der Waals surface area contributed by atoms with Gasteiger partial charge < -0.3 is 14.2 Å². The minimum absolute atomic E-state index is 0.0121. The number of methoxy groups -OCH3 is 3. The Bertz CT molecular complexity index is 1370. The number of aryl methyl sites for hydroxylation is 1. The number of ketones is 1. The summed E-state index contributed by atoms with van der Waals surface area (Å²) in [6.45, 7) is 1.83. The molecule has 37 heavy (non-hydrogen) atoms. The number of benzene rings is 3. The van der Waals surface area contributed by atoms with Crippen molar-refractivity contribution in [3.63, 3.8) is 0 Å². The maximum atomic E-state index is 13.4. The number of ether oxygens (including phenoxy) is 3. The third-order valence-corrected chi connectivity index (χ3v) is 7.97. The van der Waals surface area contributed by atoms with E-state index in [-0.39, 0.29) is 27.6 Å². The lowest BCUT2D eigenvalue weighted by Gasteiger charge is -2.25. The first kappa shape index (κ1) is 28.1. The van der Waals surface area contributed by atoms with Crippen LogP contribution >= 0.6 is 15.9 Å².